The van der Waals surface area contributed by atoms with Crippen LogP contribution < -0.4 is 0 Å². The Morgan fingerprint density at radius 2 is 1.77 bits per heavy atom. The van der Waals surface area contributed by atoms with Crippen LogP contribution in [0.15, 0.2) is 30.3 Å². The molecule has 1 aromatic rings. The Hall–Kier alpha value is -2.88. The van der Waals surface area contributed by atoms with Crippen molar-refractivity contribution in [3.63, 3.8) is 0 Å². The second-order valence-corrected chi connectivity index (χ2v) is 8.74. The van der Waals surface area contributed by atoms with E-state index < -0.39 is 28.6 Å². The fourth-order valence-electron chi connectivity index (χ4n) is 6.06. The van der Waals surface area contributed by atoms with Crippen molar-refractivity contribution in [1.82, 2.24) is 0 Å². The van der Waals surface area contributed by atoms with E-state index in [4.69, 9.17) is 14.9 Å². The van der Waals surface area contributed by atoms with Gasteiger partial charge in [0.15, 0.2) is 10.8 Å². The molecule has 2 saturated heterocycles. The quantitative estimate of drug-likeness (QED) is 0.787. The van der Waals surface area contributed by atoms with Crippen LogP contribution in [0.3, 0.4) is 0 Å². The van der Waals surface area contributed by atoms with Gasteiger partial charge in [-0.15, -0.1) is 0 Å². The number of hydrogen-bond acceptors (Lipinski definition) is 6. The Morgan fingerprint density at radius 3 is 2.33 bits per heavy atom. The maximum Gasteiger partial charge on any atom is 0.217 e. The zero-order chi connectivity index (χ0) is 21.6. The summed E-state index contributed by atoms with van der Waals surface area (Å²) in [6.45, 7) is 4.00. The summed E-state index contributed by atoms with van der Waals surface area (Å²) in [5.74, 6) is -1.83. The second kappa shape index (κ2) is 7.12. The molecule has 6 heteroatoms. The third-order valence-electron chi connectivity index (χ3n) is 7.70. The molecule has 1 N–H and O–H groups in total. The summed E-state index contributed by atoms with van der Waals surface area (Å²) in [6, 6.07) is 16.7. The van der Waals surface area contributed by atoms with Crippen LogP contribution in [-0.2, 0) is 9.47 Å². The van der Waals surface area contributed by atoms with E-state index >= 15 is 0 Å². The molecule has 2 bridgehead atoms. The van der Waals surface area contributed by atoms with Gasteiger partial charge in [-0.05, 0) is 30.2 Å². The van der Waals surface area contributed by atoms with E-state index in [1.807, 2.05) is 32.0 Å². The van der Waals surface area contributed by atoms with E-state index in [0.717, 1.165) is 12.0 Å². The predicted molar refractivity (Wildman–Crippen MR) is 109 cm³/mol. The van der Waals surface area contributed by atoms with Gasteiger partial charge >= 0.3 is 0 Å². The summed E-state index contributed by atoms with van der Waals surface area (Å²) in [5, 5.41) is 39.7. The highest BCUT2D eigenvalue weighted by Crippen LogP contribution is 2.68. The molecule has 1 saturated carbocycles. The van der Waals surface area contributed by atoms with Crippen LogP contribution in [0.25, 0.3) is 0 Å². The zero-order valence-electron chi connectivity index (χ0n) is 17.4. The molecule has 0 spiro atoms. The lowest BCUT2D eigenvalue weighted by atomic mass is 9.49. The first-order valence-corrected chi connectivity index (χ1v) is 10.7. The monoisotopic (exact) mass is 402 g/mol. The van der Waals surface area contributed by atoms with Crippen LogP contribution >= 0.6 is 0 Å². The van der Waals surface area contributed by atoms with E-state index in [9.17, 15) is 15.8 Å². The van der Waals surface area contributed by atoms with E-state index in [2.05, 4.69) is 30.3 Å². The SMILES string of the molecule is CCC(CC)C1OC23CCC(c4ccccc4)CC2C(C#N)(C(=N)O3)C1(C#N)C#N. The van der Waals surface area contributed by atoms with Crippen LogP contribution in [0, 0.1) is 62.1 Å². The van der Waals surface area contributed by atoms with Crippen LogP contribution in [0.1, 0.15) is 57.4 Å². The first kappa shape index (κ1) is 20.4. The summed E-state index contributed by atoms with van der Waals surface area (Å²) in [6.07, 6.45) is 2.54. The average molecular weight is 402 g/mol. The highest BCUT2D eigenvalue weighted by molar-refractivity contribution is 5.89. The molecule has 154 valence electrons. The molecule has 3 aliphatic rings. The average Bonchev–Trinajstić information content (AvgIpc) is 2.99. The van der Waals surface area contributed by atoms with Gasteiger partial charge in [-0.2, -0.15) is 15.8 Å². The van der Waals surface area contributed by atoms with Crippen LogP contribution in [0.4, 0.5) is 0 Å². The minimum atomic E-state index is -1.78. The molecule has 4 rings (SSSR count). The fraction of sp³-hybridized carbons (Fsp3) is 0.583. The molecule has 0 amide bonds. The third kappa shape index (κ3) is 2.33. The Labute approximate surface area is 177 Å². The smallest absolute Gasteiger partial charge is 0.217 e. The number of ether oxygens (including phenoxy) is 2. The van der Waals surface area contributed by atoms with Gasteiger partial charge in [0.1, 0.15) is 0 Å². The summed E-state index contributed by atoms with van der Waals surface area (Å²) in [5.41, 5.74) is -2.25. The molecule has 2 aliphatic heterocycles. The van der Waals surface area contributed by atoms with Gasteiger partial charge in [0.25, 0.3) is 0 Å². The summed E-state index contributed by atoms with van der Waals surface area (Å²) in [4.78, 5) is 0. The Balaban J connectivity index is 1.87. The normalized spacial score (nSPS) is 36.1. The van der Waals surface area contributed by atoms with E-state index in [1.165, 1.54) is 0 Å². The number of nitrogens with one attached hydrogen (secondary N) is 1. The van der Waals surface area contributed by atoms with Crippen molar-refractivity contribution in [2.24, 2.45) is 22.7 Å². The summed E-state index contributed by atoms with van der Waals surface area (Å²) < 4.78 is 12.6. The number of rotatable bonds is 4. The van der Waals surface area contributed by atoms with Crippen molar-refractivity contribution >= 4 is 5.90 Å². The van der Waals surface area contributed by atoms with Crippen molar-refractivity contribution in [3.8, 4) is 18.2 Å². The fourth-order valence-corrected chi connectivity index (χ4v) is 6.06. The minimum Gasteiger partial charge on any atom is -0.447 e. The standard InChI is InChI=1S/C24H26N4O2/c1-3-16(4-2)20-22(13-25,14-26)23(15-27)19-12-18(17-8-6-5-7-9-17)10-11-24(19,29-20)30-21(23)28/h5-9,16,18-20,28H,3-4,10-12H2,1-2H3. The van der Waals surface area contributed by atoms with Crippen molar-refractivity contribution in [3.05, 3.63) is 35.9 Å². The number of hydrogen-bond donors (Lipinski definition) is 1. The topological polar surface area (TPSA) is 114 Å². The molecule has 3 fully saturated rings. The van der Waals surface area contributed by atoms with Gasteiger partial charge in [0, 0.05) is 6.42 Å². The molecule has 2 heterocycles. The molecule has 5 atom stereocenters. The van der Waals surface area contributed by atoms with Gasteiger partial charge in [0.05, 0.1) is 30.2 Å². The lowest BCUT2D eigenvalue weighted by molar-refractivity contribution is -0.303. The zero-order valence-corrected chi connectivity index (χ0v) is 17.4. The first-order chi connectivity index (χ1) is 14.5. The first-order valence-electron chi connectivity index (χ1n) is 10.7. The number of nitriles is 3. The van der Waals surface area contributed by atoms with Crippen LogP contribution in [0.2, 0.25) is 0 Å². The predicted octanol–water partition coefficient (Wildman–Crippen LogP) is 4.65. The van der Waals surface area contributed by atoms with Gasteiger partial charge in [-0.25, -0.2) is 0 Å². The maximum atomic E-state index is 10.4. The van der Waals surface area contributed by atoms with E-state index in [-0.39, 0.29) is 17.7 Å². The molecule has 30 heavy (non-hydrogen) atoms. The lowest BCUT2D eigenvalue weighted by Gasteiger charge is -2.54. The molecule has 6 nitrogen and oxygen atoms in total. The highest BCUT2D eigenvalue weighted by Gasteiger charge is 2.81. The van der Waals surface area contributed by atoms with Crippen molar-refractivity contribution in [1.29, 1.82) is 21.2 Å². The largest absolute Gasteiger partial charge is 0.447 e. The van der Waals surface area contributed by atoms with Gasteiger partial charge < -0.3 is 9.47 Å². The Bertz CT molecular complexity index is 954. The van der Waals surface area contributed by atoms with Crippen molar-refractivity contribution in [2.45, 2.75) is 63.8 Å². The molecule has 5 unspecified atom stereocenters. The van der Waals surface area contributed by atoms with E-state index in [0.29, 0.717) is 25.7 Å². The van der Waals surface area contributed by atoms with Crippen molar-refractivity contribution in [2.75, 3.05) is 0 Å². The van der Waals surface area contributed by atoms with Crippen LogP contribution in [0.5, 0.6) is 0 Å². The minimum absolute atomic E-state index is 0.0730. The Morgan fingerprint density at radius 1 is 1.10 bits per heavy atom. The highest BCUT2D eigenvalue weighted by atomic mass is 16.7. The van der Waals surface area contributed by atoms with Crippen molar-refractivity contribution < 1.29 is 9.47 Å². The molecule has 1 aromatic carbocycles. The van der Waals surface area contributed by atoms with Gasteiger partial charge in [0.2, 0.25) is 11.7 Å². The Kier molecular flexibility index (Phi) is 4.84. The third-order valence-corrected chi connectivity index (χ3v) is 7.70. The maximum absolute atomic E-state index is 10.4. The lowest BCUT2D eigenvalue weighted by Crippen LogP contribution is -2.65. The number of nitrogens with zero attached hydrogens (tertiary/aromatic N) is 3. The molecular weight excluding hydrogens is 376 g/mol. The molecule has 1 aliphatic carbocycles. The van der Waals surface area contributed by atoms with E-state index in [1.54, 1.807) is 0 Å². The molecule has 0 aromatic heterocycles. The number of benzene rings is 1. The van der Waals surface area contributed by atoms with Crippen LogP contribution in [-0.4, -0.2) is 17.8 Å². The summed E-state index contributed by atoms with van der Waals surface area (Å²) in [7, 11) is 0. The summed E-state index contributed by atoms with van der Waals surface area (Å²) >= 11 is 0. The van der Waals surface area contributed by atoms with Gasteiger partial charge in [-0.3, -0.25) is 5.41 Å². The van der Waals surface area contributed by atoms with Gasteiger partial charge in [-0.1, -0.05) is 57.0 Å². The molecular formula is C24H26N4O2. The second-order valence-electron chi connectivity index (χ2n) is 8.74. The molecule has 0 radical (unpaired) electrons.